The molecule has 5 heteroatoms. The van der Waals surface area contributed by atoms with Gasteiger partial charge in [0.05, 0.1) is 6.54 Å². The zero-order chi connectivity index (χ0) is 19.5. The Bertz CT molecular complexity index is 1090. The predicted octanol–water partition coefficient (Wildman–Crippen LogP) is 4.08. The van der Waals surface area contributed by atoms with Gasteiger partial charge in [-0.2, -0.15) is 5.10 Å². The van der Waals surface area contributed by atoms with E-state index in [1.165, 1.54) is 22.0 Å². The van der Waals surface area contributed by atoms with Gasteiger partial charge >= 0.3 is 0 Å². The fraction of sp³-hybridized carbons (Fsp3) is 0.217. The molecule has 28 heavy (non-hydrogen) atoms. The van der Waals surface area contributed by atoms with Crippen molar-refractivity contribution in [2.24, 2.45) is 0 Å². The SMILES string of the molecule is Cc1cccc2c(C[C@H](C)NC(=O)c3cccc(Cn4cccn4)c3)c[nH]c12. The van der Waals surface area contributed by atoms with E-state index in [1.807, 2.05) is 54.3 Å². The zero-order valence-electron chi connectivity index (χ0n) is 16.1. The highest BCUT2D eigenvalue weighted by molar-refractivity contribution is 5.94. The van der Waals surface area contributed by atoms with Crippen LogP contribution in [0.15, 0.2) is 67.1 Å². The van der Waals surface area contributed by atoms with E-state index in [-0.39, 0.29) is 11.9 Å². The number of H-pyrrole nitrogens is 1. The van der Waals surface area contributed by atoms with E-state index in [4.69, 9.17) is 0 Å². The third kappa shape index (κ3) is 3.83. The van der Waals surface area contributed by atoms with Gasteiger partial charge in [0.15, 0.2) is 0 Å². The number of nitrogens with one attached hydrogen (secondary N) is 2. The molecule has 5 nitrogen and oxygen atoms in total. The lowest BCUT2D eigenvalue weighted by Gasteiger charge is -2.14. The predicted molar refractivity (Wildman–Crippen MR) is 111 cm³/mol. The van der Waals surface area contributed by atoms with Gasteiger partial charge in [0, 0.05) is 41.1 Å². The molecule has 0 aliphatic rings. The molecule has 2 aromatic heterocycles. The number of benzene rings is 2. The van der Waals surface area contributed by atoms with E-state index in [9.17, 15) is 4.79 Å². The van der Waals surface area contributed by atoms with Gasteiger partial charge in [0.25, 0.3) is 5.91 Å². The van der Waals surface area contributed by atoms with Gasteiger partial charge in [-0.3, -0.25) is 9.48 Å². The number of aromatic amines is 1. The Morgan fingerprint density at radius 1 is 1.21 bits per heavy atom. The second-order valence-corrected chi connectivity index (χ2v) is 7.29. The van der Waals surface area contributed by atoms with Crippen LogP contribution in [0.25, 0.3) is 10.9 Å². The van der Waals surface area contributed by atoms with Crippen LogP contribution in [0.1, 0.15) is 34.0 Å². The highest BCUT2D eigenvalue weighted by Crippen LogP contribution is 2.22. The van der Waals surface area contributed by atoms with Crippen LogP contribution in [0.3, 0.4) is 0 Å². The van der Waals surface area contributed by atoms with Gasteiger partial charge in [0.1, 0.15) is 0 Å². The number of hydrogen-bond donors (Lipinski definition) is 2. The molecule has 2 heterocycles. The first-order chi connectivity index (χ1) is 13.6. The quantitative estimate of drug-likeness (QED) is 0.536. The number of aromatic nitrogens is 3. The van der Waals surface area contributed by atoms with Crippen LogP contribution in [-0.2, 0) is 13.0 Å². The number of hydrogen-bond acceptors (Lipinski definition) is 2. The Hall–Kier alpha value is -3.34. The summed E-state index contributed by atoms with van der Waals surface area (Å²) in [7, 11) is 0. The standard InChI is InChI=1S/C23H24N4O/c1-16-6-3-9-21-20(14-24-22(16)21)12-17(2)26-23(28)19-8-4-7-18(13-19)15-27-11-5-10-25-27/h3-11,13-14,17,24H,12,15H2,1-2H3,(H,26,28)/t17-/m0/s1. The first kappa shape index (κ1) is 18.0. The number of fused-ring (bicyclic) bond motifs is 1. The first-order valence-electron chi connectivity index (χ1n) is 9.53. The molecular weight excluding hydrogens is 348 g/mol. The van der Waals surface area contributed by atoms with Gasteiger partial charge in [0.2, 0.25) is 0 Å². The van der Waals surface area contributed by atoms with Crippen LogP contribution in [0, 0.1) is 6.92 Å². The molecule has 0 spiro atoms. The topological polar surface area (TPSA) is 62.7 Å². The third-order valence-electron chi connectivity index (χ3n) is 5.01. The Labute approximate surface area is 164 Å². The molecule has 0 aliphatic heterocycles. The van der Waals surface area contributed by atoms with Gasteiger partial charge in [-0.1, -0.05) is 30.3 Å². The average Bonchev–Trinajstić information content (AvgIpc) is 3.33. The van der Waals surface area contributed by atoms with Crippen molar-refractivity contribution in [1.29, 1.82) is 0 Å². The minimum atomic E-state index is -0.0502. The Kier molecular flexibility index (Phi) is 4.98. The molecule has 0 radical (unpaired) electrons. The van der Waals surface area contributed by atoms with Gasteiger partial charge in [-0.05, 0) is 55.2 Å². The molecule has 0 bridgehead atoms. The largest absolute Gasteiger partial charge is 0.361 e. The van der Waals surface area contributed by atoms with Crippen molar-refractivity contribution in [3.63, 3.8) is 0 Å². The van der Waals surface area contributed by atoms with E-state index in [1.54, 1.807) is 6.20 Å². The lowest BCUT2D eigenvalue weighted by Crippen LogP contribution is -2.34. The molecule has 2 aromatic carbocycles. The fourth-order valence-electron chi connectivity index (χ4n) is 3.61. The van der Waals surface area contributed by atoms with Crippen LogP contribution >= 0.6 is 0 Å². The summed E-state index contributed by atoms with van der Waals surface area (Å²) in [6, 6.07) is 15.9. The van der Waals surface area contributed by atoms with Crippen LogP contribution in [0.2, 0.25) is 0 Å². The molecule has 0 fully saturated rings. The number of carbonyl (C=O) groups is 1. The van der Waals surface area contributed by atoms with E-state index in [0.29, 0.717) is 12.1 Å². The lowest BCUT2D eigenvalue weighted by molar-refractivity contribution is 0.0940. The fourth-order valence-corrected chi connectivity index (χ4v) is 3.61. The average molecular weight is 372 g/mol. The first-order valence-corrected chi connectivity index (χ1v) is 9.53. The number of para-hydroxylation sites is 1. The van der Waals surface area contributed by atoms with Crippen molar-refractivity contribution < 1.29 is 4.79 Å². The maximum absolute atomic E-state index is 12.7. The van der Waals surface area contributed by atoms with Crippen LogP contribution in [0.5, 0.6) is 0 Å². The summed E-state index contributed by atoms with van der Waals surface area (Å²) in [4.78, 5) is 16.1. The van der Waals surface area contributed by atoms with Crippen LogP contribution in [0.4, 0.5) is 0 Å². The minimum absolute atomic E-state index is 0.0294. The molecule has 1 amide bonds. The number of aryl methyl sites for hydroxylation is 1. The molecule has 0 unspecified atom stereocenters. The van der Waals surface area contributed by atoms with Crippen molar-refractivity contribution in [3.05, 3.63) is 89.4 Å². The highest BCUT2D eigenvalue weighted by atomic mass is 16.1. The number of nitrogens with zero attached hydrogens (tertiary/aromatic N) is 2. The Morgan fingerprint density at radius 2 is 2.07 bits per heavy atom. The molecular formula is C23H24N4O. The number of amides is 1. The van der Waals surface area contributed by atoms with Crippen molar-refractivity contribution in [2.75, 3.05) is 0 Å². The maximum atomic E-state index is 12.7. The van der Waals surface area contributed by atoms with Crippen molar-refractivity contribution in [2.45, 2.75) is 32.9 Å². The number of carbonyl (C=O) groups excluding carboxylic acids is 1. The zero-order valence-corrected chi connectivity index (χ0v) is 16.1. The normalized spacial score (nSPS) is 12.2. The van der Waals surface area contributed by atoms with E-state index >= 15 is 0 Å². The van der Waals surface area contributed by atoms with Gasteiger partial charge in [-0.15, -0.1) is 0 Å². The maximum Gasteiger partial charge on any atom is 0.251 e. The second kappa shape index (κ2) is 7.72. The Balaban J connectivity index is 1.43. The number of rotatable bonds is 6. The molecule has 4 rings (SSSR count). The summed E-state index contributed by atoms with van der Waals surface area (Å²) in [5.74, 6) is -0.0502. The van der Waals surface area contributed by atoms with Gasteiger partial charge in [-0.25, -0.2) is 0 Å². The van der Waals surface area contributed by atoms with Crippen LogP contribution in [-0.4, -0.2) is 26.7 Å². The molecule has 4 aromatic rings. The Morgan fingerprint density at radius 3 is 2.89 bits per heavy atom. The molecule has 0 saturated carbocycles. The summed E-state index contributed by atoms with van der Waals surface area (Å²) >= 11 is 0. The second-order valence-electron chi connectivity index (χ2n) is 7.29. The summed E-state index contributed by atoms with van der Waals surface area (Å²) in [5, 5.41) is 8.57. The molecule has 2 N–H and O–H groups in total. The molecule has 142 valence electrons. The molecule has 1 atom stereocenters. The highest BCUT2D eigenvalue weighted by Gasteiger charge is 2.13. The van der Waals surface area contributed by atoms with Crippen molar-refractivity contribution in [3.8, 4) is 0 Å². The summed E-state index contributed by atoms with van der Waals surface area (Å²) < 4.78 is 1.85. The van der Waals surface area contributed by atoms with Crippen molar-refractivity contribution in [1.82, 2.24) is 20.1 Å². The van der Waals surface area contributed by atoms with Crippen molar-refractivity contribution >= 4 is 16.8 Å². The molecule has 0 saturated heterocycles. The lowest BCUT2D eigenvalue weighted by atomic mass is 10.0. The van der Waals surface area contributed by atoms with Gasteiger partial charge < -0.3 is 10.3 Å². The summed E-state index contributed by atoms with van der Waals surface area (Å²) in [6.45, 7) is 4.79. The minimum Gasteiger partial charge on any atom is -0.361 e. The molecule has 0 aliphatic carbocycles. The summed E-state index contributed by atoms with van der Waals surface area (Å²) in [5.41, 5.74) is 5.35. The van der Waals surface area contributed by atoms with Crippen LogP contribution < -0.4 is 5.32 Å². The van der Waals surface area contributed by atoms with E-state index < -0.39 is 0 Å². The monoisotopic (exact) mass is 372 g/mol. The van der Waals surface area contributed by atoms with E-state index in [0.717, 1.165) is 12.0 Å². The summed E-state index contributed by atoms with van der Waals surface area (Å²) in [6.07, 6.45) is 6.50. The smallest absolute Gasteiger partial charge is 0.251 e. The third-order valence-corrected chi connectivity index (χ3v) is 5.01. The van der Waals surface area contributed by atoms with E-state index in [2.05, 4.69) is 40.5 Å².